The van der Waals surface area contributed by atoms with Crippen LogP contribution in [0.3, 0.4) is 0 Å². The molecule has 0 aliphatic carbocycles. The molecule has 6 rings (SSSR count). The first kappa shape index (κ1) is 22.6. The zero-order valence-corrected chi connectivity index (χ0v) is 20.3. The molecule has 0 saturated carbocycles. The molecule has 9 nitrogen and oxygen atoms in total. The van der Waals surface area contributed by atoms with Gasteiger partial charge in [0.15, 0.2) is 0 Å². The van der Waals surface area contributed by atoms with E-state index >= 15 is 0 Å². The molecular weight excluding hydrogens is 454 g/mol. The van der Waals surface area contributed by atoms with Gasteiger partial charge in [-0.25, -0.2) is 4.99 Å². The first-order valence-electron chi connectivity index (χ1n) is 12.6. The number of anilines is 2. The third-order valence-electron chi connectivity index (χ3n) is 7.31. The quantitative estimate of drug-likeness (QED) is 0.574. The minimum absolute atomic E-state index is 0.00973. The molecule has 3 aromatic rings. The summed E-state index contributed by atoms with van der Waals surface area (Å²) in [4.78, 5) is 28.9. The zero-order chi connectivity index (χ0) is 24.5. The molecule has 0 radical (unpaired) electrons. The SMILES string of the molecule is Nc1ccc(-n2cc3c(c2)N(C2CCN(C(=O)c4ccccn4)CC2)CN=C3N2CCOCC2)cc1. The van der Waals surface area contributed by atoms with Crippen molar-refractivity contribution in [2.24, 2.45) is 4.99 Å². The Kier molecular flexibility index (Phi) is 6.06. The van der Waals surface area contributed by atoms with Gasteiger partial charge in [0.2, 0.25) is 0 Å². The van der Waals surface area contributed by atoms with Crippen molar-refractivity contribution in [3.63, 3.8) is 0 Å². The van der Waals surface area contributed by atoms with Gasteiger partial charge in [0, 0.05) is 62.2 Å². The highest BCUT2D eigenvalue weighted by atomic mass is 16.5. The van der Waals surface area contributed by atoms with Crippen LogP contribution in [0.5, 0.6) is 0 Å². The van der Waals surface area contributed by atoms with E-state index < -0.39 is 0 Å². The van der Waals surface area contributed by atoms with Crippen molar-refractivity contribution in [3.05, 3.63) is 72.3 Å². The number of morpholine rings is 1. The lowest BCUT2D eigenvalue weighted by Crippen LogP contribution is -2.49. The van der Waals surface area contributed by atoms with Crippen molar-refractivity contribution >= 4 is 23.1 Å². The summed E-state index contributed by atoms with van der Waals surface area (Å²) < 4.78 is 7.75. The molecule has 3 aliphatic rings. The predicted octanol–water partition coefficient (Wildman–Crippen LogP) is 2.62. The van der Waals surface area contributed by atoms with Crippen molar-refractivity contribution in [3.8, 4) is 5.69 Å². The van der Waals surface area contributed by atoms with Gasteiger partial charge in [0.1, 0.15) is 18.2 Å². The molecule has 2 aromatic heterocycles. The molecule has 0 bridgehead atoms. The molecule has 2 N–H and O–H groups in total. The van der Waals surface area contributed by atoms with Crippen molar-refractivity contribution < 1.29 is 9.53 Å². The number of fused-ring (bicyclic) bond motifs is 1. The summed E-state index contributed by atoms with van der Waals surface area (Å²) in [7, 11) is 0. The van der Waals surface area contributed by atoms with E-state index in [2.05, 4.69) is 31.7 Å². The number of likely N-dealkylation sites (tertiary alicyclic amines) is 1. The Morgan fingerprint density at radius 3 is 2.47 bits per heavy atom. The third kappa shape index (κ3) is 4.30. The maximum absolute atomic E-state index is 12.9. The number of carbonyl (C=O) groups is 1. The Balaban J connectivity index is 1.25. The molecule has 1 aromatic carbocycles. The van der Waals surface area contributed by atoms with Crippen LogP contribution in [0.1, 0.15) is 28.9 Å². The van der Waals surface area contributed by atoms with Gasteiger partial charge in [-0.2, -0.15) is 0 Å². The number of piperidine rings is 1. The van der Waals surface area contributed by atoms with Crippen LogP contribution in [0.4, 0.5) is 11.4 Å². The first-order valence-corrected chi connectivity index (χ1v) is 12.6. The highest BCUT2D eigenvalue weighted by molar-refractivity contribution is 6.05. The molecule has 1 amide bonds. The normalized spacial score (nSPS) is 18.7. The van der Waals surface area contributed by atoms with Gasteiger partial charge in [-0.15, -0.1) is 0 Å². The Labute approximate surface area is 210 Å². The fourth-order valence-corrected chi connectivity index (χ4v) is 5.33. The van der Waals surface area contributed by atoms with Crippen molar-refractivity contribution in [1.29, 1.82) is 0 Å². The first-order chi connectivity index (χ1) is 17.7. The van der Waals surface area contributed by atoms with Gasteiger partial charge in [-0.05, 0) is 49.2 Å². The number of pyridine rings is 1. The van der Waals surface area contributed by atoms with Gasteiger partial charge in [-0.3, -0.25) is 9.78 Å². The lowest BCUT2D eigenvalue weighted by Gasteiger charge is -2.41. The van der Waals surface area contributed by atoms with E-state index in [1.807, 2.05) is 41.3 Å². The number of aromatic nitrogens is 2. The zero-order valence-electron chi connectivity index (χ0n) is 20.3. The van der Waals surface area contributed by atoms with Crippen LogP contribution in [-0.4, -0.2) is 83.2 Å². The molecule has 0 unspecified atom stereocenters. The lowest BCUT2D eigenvalue weighted by atomic mass is 10.0. The molecule has 0 atom stereocenters. The van der Waals surface area contributed by atoms with Gasteiger partial charge in [0.05, 0.1) is 24.5 Å². The smallest absolute Gasteiger partial charge is 0.272 e. The average Bonchev–Trinajstić information content (AvgIpc) is 3.39. The number of nitrogens with zero attached hydrogens (tertiary/aromatic N) is 6. The number of hydrogen-bond donors (Lipinski definition) is 1. The standard InChI is InChI=1S/C27H31N7O2/c28-20-4-6-21(7-5-20)33-17-23-25(18-33)34(19-30-26(23)31-13-15-36-16-14-31)22-8-11-32(12-9-22)27(35)24-3-1-2-10-29-24/h1-7,10,17-18,22H,8-9,11-16,19,28H2. The van der Waals surface area contributed by atoms with E-state index in [0.717, 1.165) is 61.9 Å². The lowest BCUT2D eigenvalue weighted by molar-refractivity contribution is 0.0679. The minimum Gasteiger partial charge on any atom is -0.399 e. The maximum Gasteiger partial charge on any atom is 0.272 e. The van der Waals surface area contributed by atoms with Crippen LogP contribution in [0.25, 0.3) is 5.69 Å². The summed E-state index contributed by atoms with van der Waals surface area (Å²) >= 11 is 0. The second-order valence-electron chi connectivity index (χ2n) is 9.49. The van der Waals surface area contributed by atoms with Crippen molar-refractivity contribution in [2.75, 3.05) is 56.7 Å². The largest absolute Gasteiger partial charge is 0.399 e. The van der Waals surface area contributed by atoms with Crippen LogP contribution >= 0.6 is 0 Å². The molecule has 5 heterocycles. The van der Waals surface area contributed by atoms with Crippen LogP contribution in [0.15, 0.2) is 66.0 Å². The Hall–Kier alpha value is -3.85. The second-order valence-corrected chi connectivity index (χ2v) is 9.49. The Morgan fingerprint density at radius 2 is 1.75 bits per heavy atom. The number of hydrogen-bond acceptors (Lipinski definition) is 7. The summed E-state index contributed by atoms with van der Waals surface area (Å²) in [6.07, 6.45) is 7.86. The number of nitrogen functional groups attached to an aromatic ring is 1. The fourth-order valence-electron chi connectivity index (χ4n) is 5.33. The minimum atomic E-state index is 0.00973. The summed E-state index contributed by atoms with van der Waals surface area (Å²) in [5.41, 5.74) is 10.6. The number of amidine groups is 1. The molecule has 2 fully saturated rings. The molecule has 0 spiro atoms. The number of nitrogens with two attached hydrogens (primary N) is 1. The number of ether oxygens (including phenoxy) is 1. The monoisotopic (exact) mass is 485 g/mol. The highest BCUT2D eigenvalue weighted by Gasteiger charge is 2.33. The van der Waals surface area contributed by atoms with E-state index in [-0.39, 0.29) is 5.91 Å². The highest BCUT2D eigenvalue weighted by Crippen LogP contribution is 2.34. The molecule has 2 saturated heterocycles. The molecule has 9 heteroatoms. The number of rotatable bonds is 3. The van der Waals surface area contributed by atoms with Crippen LogP contribution in [-0.2, 0) is 4.74 Å². The number of amides is 1. The number of benzene rings is 1. The maximum atomic E-state index is 12.9. The van der Waals surface area contributed by atoms with Crippen LogP contribution in [0.2, 0.25) is 0 Å². The predicted molar refractivity (Wildman–Crippen MR) is 140 cm³/mol. The number of aliphatic imine (C=N–C) groups is 1. The van der Waals surface area contributed by atoms with Gasteiger partial charge in [-0.1, -0.05) is 6.07 Å². The van der Waals surface area contributed by atoms with E-state index in [0.29, 0.717) is 31.5 Å². The average molecular weight is 486 g/mol. The third-order valence-corrected chi connectivity index (χ3v) is 7.31. The summed E-state index contributed by atoms with van der Waals surface area (Å²) in [5, 5.41) is 0. The van der Waals surface area contributed by atoms with E-state index in [9.17, 15) is 4.79 Å². The summed E-state index contributed by atoms with van der Waals surface area (Å²) in [5.74, 6) is 1.05. The summed E-state index contributed by atoms with van der Waals surface area (Å²) in [6, 6.07) is 13.7. The second kappa shape index (κ2) is 9.66. The van der Waals surface area contributed by atoms with Crippen LogP contribution in [0, 0.1) is 0 Å². The van der Waals surface area contributed by atoms with Gasteiger partial charge >= 0.3 is 0 Å². The Morgan fingerprint density at radius 1 is 0.972 bits per heavy atom. The molecule has 36 heavy (non-hydrogen) atoms. The summed E-state index contributed by atoms with van der Waals surface area (Å²) in [6.45, 7) is 5.18. The fraction of sp³-hybridized carbons (Fsp3) is 0.370. The van der Waals surface area contributed by atoms with Crippen molar-refractivity contribution in [1.82, 2.24) is 19.4 Å². The number of carbonyl (C=O) groups excluding carboxylic acids is 1. The van der Waals surface area contributed by atoms with E-state index in [1.165, 1.54) is 5.69 Å². The molecular formula is C27H31N7O2. The molecule has 3 aliphatic heterocycles. The molecule has 186 valence electrons. The van der Waals surface area contributed by atoms with Crippen LogP contribution < -0.4 is 10.6 Å². The van der Waals surface area contributed by atoms with Gasteiger partial charge < -0.3 is 29.7 Å². The van der Waals surface area contributed by atoms with Gasteiger partial charge in [0.25, 0.3) is 5.91 Å². The topological polar surface area (TPSA) is 92.2 Å². The van der Waals surface area contributed by atoms with E-state index in [4.69, 9.17) is 15.5 Å². The van der Waals surface area contributed by atoms with Crippen molar-refractivity contribution in [2.45, 2.75) is 18.9 Å². The Bertz CT molecular complexity index is 1240. The van der Waals surface area contributed by atoms with E-state index in [1.54, 1.807) is 12.3 Å².